The number of aromatic nitrogens is 2. The van der Waals surface area contributed by atoms with Gasteiger partial charge >= 0.3 is 0 Å². The lowest BCUT2D eigenvalue weighted by Gasteiger charge is -2.20. The van der Waals surface area contributed by atoms with Crippen LogP contribution < -0.4 is 5.32 Å². The summed E-state index contributed by atoms with van der Waals surface area (Å²) >= 11 is 0. The van der Waals surface area contributed by atoms with Crippen molar-refractivity contribution in [1.29, 1.82) is 0 Å². The number of pyridine rings is 2. The van der Waals surface area contributed by atoms with Gasteiger partial charge in [0, 0.05) is 36.7 Å². The third kappa shape index (κ3) is 3.61. The second-order valence-electron chi connectivity index (χ2n) is 4.56. The summed E-state index contributed by atoms with van der Waals surface area (Å²) in [7, 11) is 0. The van der Waals surface area contributed by atoms with E-state index in [1.165, 1.54) is 11.1 Å². The first-order valence-electron chi connectivity index (χ1n) is 6.91. The van der Waals surface area contributed by atoms with Gasteiger partial charge in [-0.3, -0.25) is 9.97 Å². The molecule has 0 amide bonds. The fraction of sp³-hybridized carbons (Fsp3) is 0.375. The van der Waals surface area contributed by atoms with Gasteiger partial charge in [-0.15, -0.1) is 0 Å². The monoisotopic (exact) mass is 255 g/mol. The van der Waals surface area contributed by atoms with Crippen molar-refractivity contribution in [2.75, 3.05) is 6.54 Å². The number of likely N-dealkylation sites (N-methyl/N-ethyl adjacent to an activating group) is 1. The molecule has 100 valence electrons. The number of rotatable bonds is 6. The summed E-state index contributed by atoms with van der Waals surface area (Å²) < 4.78 is 0. The Morgan fingerprint density at radius 2 is 2.05 bits per heavy atom. The van der Waals surface area contributed by atoms with Gasteiger partial charge in [-0.1, -0.05) is 19.9 Å². The second kappa shape index (κ2) is 7.00. The lowest BCUT2D eigenvalue weighted by atomic mass is 9.97. The average Bonchev–Trinajstić information content (AvgIpc) is 2.48. The fourth-order valence-corrected chi connectivity index (χ4v) is 2.34. The molecule has 1 atom stereocenters. The molecule has 0 aliphatic heterocycles. The molecule has 0 saturated heterocycles. The van der Waals surface area contributed by atoms with Crippen LogP contribution in [0.2, 0.25) is 0 Å². The van der Waals surface area contributed by atoms with Crippen LogP contribution in [0.3, 0.4) is 0 Å². The van der Waals surface area contributed by atoms with E-state index >= 15 is 0 Å². The Morgan fingerprint density at radius 1 is 1.16 bits per heavy atom. The normalized spacial score (nSPS) is 12.3. The summed E-state index contributed by atoms with van der Waals surface area (Å²) in [6.45, 7) is 5.26. The molecule has 0 radical (unpaired) electrons. The zero-order valence-corrected chi connectivity index (χ0v) is 11.6. The van der Waals surface area contributed by atoms with Gasteiger partial charge in [-0.25, -0.2) is 0 Å². The Morgan fingerprint density at radius 3 is 2.74 bits per heavy atom. The van der Waals surface area contributed by atoms with Crippen LogP contribution in [0.4, 0.5) is 0 Å². The quantitative estimate of drug-likeness (QED) is 0.862. The summed E-state index contributed by atoms with van der Waals surface area (Å²) in [4.78, 5) is 8.65. The van der Waals surface area contributed by atoms with Crippen LogP contribution >= 0.6 is 0 Å². The molecule has 0 fully saturated rings. The molecule has 2 aromatic heterocycles. The van der Waals surface area contributed by atoms with Crippen molar-refractivity contribution in [2.24, 2.45) is 0 Å². The van der Waals surface area contributed by atoms with Crippen molar-refractivity contribution in [3.8, 4) is 0 Å². The van der Waals surface area contributed by atoms with Crippen molar-refractivity contribution in [2.45, 2.75) is 32.7 Å². The molecule has 1 unspecified atom stereocenters. The largest absolute Gasteiger partial charge is 0.310 e. The Hall–Kier alpha value is -1.74. The van der Waals surface area contributed by atoms with E-state index in [-0.39, 0.29) is 0 Å². The first-order valence-corrected chi connectivity index (χ1v) is 6.91. The summed E-state index contributed by atoms with van der Waals surface area (Å²) in [5.74, 6) is 0. The van der Waals surface area contributed by atoms with Crippen molar-refractivity contribution >= 4 is 0 Å². The predicted molar refractivity (Wildman–Crippen MR) is 78.0 cm³/mol. The molecule has 2 aromatic rings. The van der Waals surface area contributed by atoms with Crippen molar-refractivity contribution < 1.29 is 0 Å². The van der Waals surface area contributed by atoms with Gasteiger partial charge < -0.3 is 5.32 Å². The molecule has 3 nitrogen and oxygen atoms in total. The maximum absolute atomic E-state index is 4.43. The molecule has 2 heterocycles. The molecule has 1 N–H and O–H groups in total. The lowest BCUT2D eigenvalue weighted by Crippen LogP contribution is -2.24. The number of nitrogens with zero attached hydrogens (tertiary/aromatic N) is 2. The van der Waals surface area contributed by atoms with Crippen LogP contribution in [0, 0.1) is 0 Å². The van der Waals surface area contributed by atoms with Crippen LogP contribution in [0.1, 0.15) is 36.7 Å². The molecule has 3 heteroatoms. The van der Waals surface area contributed by atoms with E-state index in [9.17, 15) is 0 Å². The highest BCUT2D eigenvalue weighted by Crippen LogP contribution is 2.21. The van der Waals surface area contributed by atoms with Gasteiger partial charge in [0.1, 0.15) is 0 Å². The second-order valence-corrected chi connectivity index (χ2v) is 4.56. The molecule has 19 heavy (non-hydrogen) atoms. The third-order valence-electron chi connectivity index (χ3n) is 3.29. The molecule has 0 spiro atoms. The van der Waals surface area contributed by atoms with E-state index in [0.29, 0.717) is 6.04 Å². The molecular weight excluding hydrogens is 234 g/mol. The van der Waals surface area contributed by atoms with Crippen LogP contribution in [-0.2, 0) is 12.8 Å². The number of aryl methyl sites for hydroxylation is 1. The van der Waals surface area contributed by atoms with E-state index in [2.05, 4.69) is 41.3 Å². The Balaban J connectivity index is 2.24. The number of nitrogens with one attached hydrogen (secondary N) is 1. The highest BCUT2D eigenvalue weighted by atomic mass is 14.9. The highest BCUT2D eigenvalue weighted by molar-refractivity contribution is 5.28. The Bertz CT molecular complexity index is 496. The van der Waals surface area contributed by atoms with Crippen molar-refractivity contribution in [1.82, 2.24) is 15.3 Å². The number of hydrogen-bond donors (Lipinski definition) is 1. The minimum absolute atomic E-state index is 0.304. The van der Waals surface area contributed by atoms with Crippen molar-refractivity contribution in [3.05, 3.63) is 59.7 Å². The zero-order valence-electron chi connectivity index (χ0n) is 11.6. The molecule has 0 saturated carbocycles. The maximum atomic E-state index is 4.43. The van der Waals surface area contributed by atoms with Crippen molar-refractivity contribution in [3.63, 3.8) is 0 Å². The highest BCUT2D eigenvalue weighted by Gasteiger charge is 2.14. The third-order valence-corrected chi connectivity index (χ3v) is 3.29. The first-order chi connectivity index (χ1) is 9.35. The summed E-state index contributed by atoms with van der Waals surface area (Å²) in [6.07, 6.45) is 7.61. The SMILES string of the molecule is CCNC(Cc1ccccn1)c1ccncc1CC. The average molecular weight is 255 g/mol. The maximum Gasteiger partial charge on any atom is 0.0422 e. The van der Waals surface area contributed by atoms with E-state index < -0.39 is 0 Å². The van der Waals surface area contributed by atoms with Gasteiger partial charge in [0.15, 0.2) is 0 Å². The number of hydrogen-bond acceptors (Lipinski definition) is 3. The minimum atomic E-state index is 0.304. The smallest absolute Gasteiger partial charge is 0.0422 e. The Labute approximate surface area is 115 Å². The Kier molecular flexibility index (Phi) is 5.04. The van der Waals surface area contributed by atoms with Gasteiger partial charge in [0.2, 0.25) is 0 Å². The molecule has 0 aliphatic carbocycles. The molecule has 0 aromatic carbocycles. The van der Waals surface area contributed by atoms with Crippen LogP contribution in [0.5, 0.6) is 0 Å². The summed E-state index contributed by atoms with van der Waals surface area (Å²) in [5.41, 5.74) is 3.77. The van der Waals surface area contributed by atoms with E-state index in [1.54, 1.807) is 0 Å². The van der Waals surface area contributed by atoms with Crippen LogP contribution in [0.25, 0.3) is 0 Å². The van der Waals surface area contributed by atoms with Crippen LogP contribution in [-0.4, -0.2) is 16.5 Å². The minimum Gasteiger partial charge on any atom is -0.310 e. The summed E-state index contributed by atoms with van der Waals surface area (Å²) in [5, 5.41) is 3.55. The van der Waals surface area contributed by atoms with E-state index in [4.69, 9.17) is 0 Å². The molecule has 0 bridgehead atoms. The van der Waals surface area contributed by atoms with Gasteiger partial charge in [-0.05, 0) is 42.3 Å². The molecule has 0 aliphatic rings. The standard InChI is InChI=1S/C16H21N3/c1-3-13-12-17-10-8-15(13)16(18-4-2)11-14-7-5-6-9-19-14/h5-10,12,16,18H,3-4,11H2,1-2H3. The zero-order chi connectivity index (χ0) is 13.5. The lowest BCUT2D eigenvalue weighted by molar-refractivity contribution is 0.539. The summed E-state index contributed by atoms with van der Waals surface area (Å²) in [6, 6.07) is 8.50. The topological polar surface area (TPSA) is 37.8 Å². The van der Waals surface area contributed by atoms with Gasteiger partial charge in [-0.2, -0.15) is 0 Å². The molecular formula is C16H21N3. The fourth-order valence-electron chi connectivity index (χ4n) is 2.34. The first kappa shape index (κ1) is 13.7. The van der Waals surface area contributed by atoms with Crippen LogP contribution in [0.15, 0.2) is 42.9 Å². The van der Waals surface area contributed by atoms with E-state index in [0.717, 1.165) is 25.1 Å². The molecule has 2 rings (SSSR count). The van der Waals surface area contributed by atoms with Gasteiger partial charge in [0.25, 0.3) is 0 Å². The predicted octanol–water partition coefficient (Wildman–Crippen LogP) is 2.93. The van der Waals surface area contributed by atoms with E-state index in [1.807, 2.05) is 30.7 Å². The van der Waals surface area contributed by atoms with Gasteiger partial charge in [0.05, 0.1) is 0 Å².